The number of benzene rings is 4. The van der Waals surface area contributed by atoms with E-state index in [1.54, 1.807) is 0 Å². The fraction of sp³-hybridized carbons (Fsp3) is 0.212. The molecular weight excluding hydrogens is 526 g/mol. The lowest BCUT2D eigenvalue weighted by Gasteiger charge is -2.20. The van der Waals surface area contributed by atoms with E-state index in [-0.39, 0.29) is 23.3 Å². The van der Waals surface area contributed by atoms with E-state index in [1.807, 2.05) is 24.3 Å². The molecule has 0 unspecified atom stereocenters. The summed E-state index contributed by atoms with van der Waals surface area (Å²) in [5.74, 6) is -1.87. The standard InChI is InChI=1S/C33H26F6O/c1-3-4-5-6-22-7-12-24(13-8-22)25-14-9-23(10-15-25)11-16-26-18-29(34)28(17-21(26)2)33(38,39)40-27-19-30(35)32(37)31(36)20-27/h7-10,12-15,17-20H,3-6H2,1-2H3. The maximum atomic E-state index is 14.7. The lowest BCUT2D eigenvalue weighted by molar-refractivity contribution is -0.187. The van der Waals surface area contributed by atoms with Crippen LogP contribution in [0.2, 0.25) is 0 Å². The molecule has 4 aromatic carbocycles. The van der Waals surface area contributed by atoms with Gasteiger partial charge in [-0.1, -0.05) is 68.0 Å². The van der Waals surface area contributed by atoms with E-state index in [1.165, 1.54) is 31.7 Å². The van der Waals surface area contributed by atoms with Crippen molar-refractivity contribution in [3.63, 3.8) is 0 Å². The molecule has 0 aliphatic heterocycles. The Morgan fingerprint density at radius 3 is 1.93 bits per heavy atom. The molecule has 206 valence electrons. The largest absolute Gasteiger partial charge is 0.429 e. The summed E-state index contributed by atoms with van der Waals surface area (Å²) in [6, 6.07) is 18.1. The minimum Gasteiger partial charge on any atom is -0.429 e. The molecule has 4 aromatic rings. The fourth-order valence-corrected chi connectivity index (χ4v) is 4.16. The zero-order chi connectivity index (χ0) is 28.9. The first kappa shape index (κ1) is 28.8. The maximum absolute atomic E-state index is 14.7. The average Bonchev–Trinajstić information content (AvgIpc) is 2.92. The number of unbranched alkanes of at least 4 members (excludes halogenated alkanes) is 2. The molecule has 0 N–H and O–H groups in total. The van der Waals surface area contributed by atoms with Crippen molar-refractivity contribution in [2.75, 3.05) is 0 Å². The van der Waals surface area contributed by atoms with Gasteiger partial charge in [0.1, 0.15) is 17.1 Å². The van der Waals surface area contributed by atoms with Gasteiger partial charge in [-0.05, 0) is 66.3 Å². The van der Waals surface area contributed by atoms with Gasteiger partial charge in [-0.3, -0.25) is 0 Å². The van der Waals surface area contributed by atoms with Crippen molar-refractivity contribution in [3.8, 4) is 28.7 Å². The van der Waals surface area contributed by atoms with Crippen LogP contribution in [0, 0.1) is 42.0 Å². The van der Waals surface area contributed by atoms with E-state index >= 15 is 0 Å². The van der Waals surface area contributed by atoms with E-state index in [0.717, 1.165) is 29.7 Å². The zero-order valence-electron chi connectivity index (χ0n) is 21.9. The van der Waals surface area contributed by atoms with E-state index in [9.17, 15) is 26.3 Å². The predicted molar refractivity (Wildman–Crippen MR) is 143 cm³/mol. The molecule has 0 atom stereocenters. The third-order valence-electron chi connectivity index (χ3n) is 6.41. The number of hydrogen-bond acceptors (Lipinski definition) is 1. The molecule has 0 bridgehead atoms. The van der Waals surface area contributed by atoms with Crippen molar-refractivity contribution in [2.45, 2.75) is 45.6 Å². The molecule has 0 saturated carbocycles. The van der Waals surface area contributed by atoms with Gasteiger partial charge in [0, 0.05) is 23.3 Å². The topological polar surface area (TPSA) is 9.23 Å². The number of alkyl halides is 2. The summed E-state index contributed by atoms with van der Waals surface area (Å²) >= 11 is 0. The van der Waals surface area contributed by atoms with E-state index in [2.05, 4.69) is 47.8 Å². The molecule has 0 spiro atoms. The van der Waals surface area contributed by atoms with Crippen molar-refractivity contribution in [2.24, 2.45) is 0 Å². The highest BCUT2D eigenvalue weighted by molar-refractivity contribution is 5.65. The molecule has 0 aliphatic rings. The van der Waals surface area contributed by atoms with Crippen molar-refractivity contribution >= 4 is 0 Å². The van der Waals surface area contributed by atoms with Gasteiger partial charge in [0.05, 0.1) is 0 Å². The minimum absolute atomic E-state index is 0.179. The second-order valence-corrected chi connectivity index (χ2v) is 9.45. The highest BCUT2D eigenvalue weighted by atomic mass is 19.3. The van der Waals surface area contributed by atoms with Crippen LogP contribution in [-0.4, -0.2) is 0 Å². The van der Waals surface area contributed by atoms with Crippen molar-refractivity contribution in [1.82, 2.24) is 0 Å². The molecule has 4 rings (SSSR count). The Morgan fingerprint density at radius 1 is 0.725 bits per heavy atom. The van der Waals surface area contributed by atoms with E-state index in [4.69, 9.17) is 0 Å². The molecule has 0 fully saturated rings. The molecule has 1 nitrogen and oxygen atoms in total. The van der Waals surface area contributed by atoms with Gasteiger partial charge < -0.3 is 4.74 Å². The van der Waals surface area contributed by atoms with Crippen LogP contribution in [0.15, 0.2) is 72.8 Å². The van der Waals surface area contributed by atoms with Crippen LogP contribution in [0.25, 0.3) is 11.1 Å². The average molecular weight is 553 g/mol. The highest BCUT2D eigenvalue weighted by Crippen LogP contribution is 2.35. The van der Waals surface area contributed by atoms with Crippen LogP contribution in [0.5, 0.6) is 5.75 Å². The van der Waals surface area contributed by atoms with Crippen LogP contribution in [-0.2, 0) is 12.5 Å². The normalized spacial score (nSPS) is 11.2. The summed E-state index contributed by atoms with van der Waals surface area (Å²) in [6.07, 6.45) is 0.334. The van der Waals surface area contributed by atoms with Gasteiger partial charge in [-0.15, -0.1) is 0 Å². The van der Waals surface area contributed by atoms with Crippen LogP contribution in [0.1, 0.15) is 54.0 Å². The van der Waals surface area contributed by atoms with E-state index in [0.29, 0.717) is 5.56 Å². The Morgan fingerprint density at radius 2 is 1.32 bits per heavy atom. The predicted octanol–water partition coefficient (Wildman–Crippen LogP) is 9.48. The third-order valence-corrected chi connectivity index (χ3v) is 6.41. The first-order valence-electron chi connectivity index (χ1n) is 12.8. The van der Waals surface area contributed by atoms with Crippen molar-refractivity contribution in [3.05, 3.63) is 124 Å². The Hall–Kier alpha value is -4.18. The monoisotopic (exact) mass is 552 g/mol. The van der Waals surface area contributed by atoms with Gasteiger partial charge in [0.15, 0.2) is 17.5 Å². The molecular formula is C33H26F6O. The second-order valence-electron chi connectivity index (χ2n) is 9.45. The summed E-state index contributed by atoms with van der Waals surface area (Å²) in [6.45, 7) is 3.65. The van der Waals surface area contributed by atoms with E-state index < -0.39 is 40.7 Å². The Bertz CT molecular complexity index is 1520. The first-order valence-corrected chi connectivity index (χ1v) is 12.8. The number of aryl methyl sites for hydroxylation is 2. The SMILES string of the molecule is CCCCCc1ccc(-c2ccc(C#Cc3cc(F)c(C(F)(F)Oc4cc(F)c(F)c(F)c4)cc3C)cc2)cc1. The smallest absolute Gasteiger partial charge is 0.429 e. The molecule has 0 heterocycles. The van der Waals surface area contributed by atoms with Crippen molar-refractivity contribution in [1.29, 1.82) is 0 Å². The number of ether oxygens (including phenoxy) is 1. The molecule has 0 aromatic heterocycles. The third kappa shape index (κ3) is 6.87. The number of rotatable bonds is 8. The van der Waals surface area contributed by atoms with Crippen LogP contribution in [0.4, 0.5) is 26.3 Å². The molecule has 0 saturated heterocycles. The molecule has 40 heavy (non-hydrogen) atoms. The van der Waals surface area contributed by atoms with Crippen LogP contribution >= 0.6 is 0 Å². The molecule has 0 amide bonds. The summed E-state index contributed by atoms with van der Waals surface area (Å²) in [5, 5.41) is 0. The summed E-state index contributed by atoms with van der Waals surface area (Å²) in [7, 11) is 0. The number of halogens is 6. The van der Waals surface area contributed by atoms with Crippen LogP contribution < -0.4 is 4.74 Å². The van der Waals surface area contributed by atoms with Gasteiger partial charge in [-0.2, -0.15) is 8.78 Å². The first-order chi connectivity index (χ1) is 19.1. The van der Waals surface area contributed by atoms with Gasteiger partial charge in [-0.25, -0.2) is 17.6 Å². The fourth-order valence-electron chi connectivity index (χ4n) is 4.16. The maximum Gasteiger partial charge on any atom is 0.429 e. The van der Waals surface area contributed by atoms with Crippen molar-refractivity contribution < 1.29 is 31.1 Å². The van der Waals surface area contributed by atoms with Gasteiger partial charge in [0.2, 0.25) is 0 Å². The Kier molecular flexibility index (Phi) is 8.89. The van der Waals surface area contributed by atoms with Crippen LogP contribution in [0.3, 0.4) is 0 Å². The van der Waals surface area contributed by atoms with Gasteiger partial charge in [0.25, 0.3) is 0 Å². The molecule has 7 heteroatoms. The lowest BCUT2D eigenvalue weighted by Crippen LogP contribution is -2.24. The quantitative estimate of drug-likeness (QED) is 0.0916. The lowest BCUT2D eigenvalue weighted by atomic mass is 10.00. The Balaban J connectivity index is 1.48. The molecule has 0 aliphatic carbocycles. The summed E-state index contributed by atoms with van der Waals surface area (Å²) in [4.78, 5) is 0. The number of hydrogen-bond donors (Lipinski definition) is 0. The summed E-state index contributed by atoms with van der Waals surface area (Å²) in [5.41, 5.74) is 3.30. The molecule has 0 radical (unpaired) electrons. The minimum atomic E-state index is -4.29. The zero-order valence-corrected chi connectivity index (χ0v) is 21.9. The Labute approximate surface area is 229 Å². The van der Waals surface area contributed by atoms with Gasteiger partial charge >= 0.3 is 6.11 Å². The second kappa shape index (κ2) is 12.3. The summed E-state index contributed by atoms with van der Waals surface area (Å²) < 4.78 is 88.2. The highest BCUT2D eigenvalue weighted by Gasteiger charge is 2.38.